The summed E-state index contributed by atoms with van der Waals surface area (Å²) in [5.41, 5.74) is 0.559. The maximum absolute atomic E-state index is 14.5. The average Bonchev–Trinajstić information content (AvgIpc) is 2.96. The first-order valence-corrected chi connectivity index (χ1v) is 10.2. The molecule has 0 unspecified atom stereocenters. The van der Waals surface area contributed by atoms with Crippen molar-refractivity contribution in [1.29, 1.82) is 0 Å². The van der Waals surface area contributed by atoms with E-state index in [-0.39, 0.29) is 36.7 Å². The number of benzene rings is 2. The lowest BCUT2D eigenvalue weighted by Crippen LogP contribution is -2.32. The smallest absolute Gasteiger partial charge is 0.416 e. The fourth-order valence-electron chi connectivity index (χ4n) is 3.71. The Hall–Kier alpha value is -3.90. The summed E-state index contributed by atoms with van der Waals surface area (Å²) in [5.74, 6) is 4.04. The minimum absolute atomic E-state index is 0.0421. The van der Waals surface area contributed by atoms with E-state index in [9.17, 15) is 22.4 Å². The molecule has 0 radical (unpaired) electrons. The molecule has 0 fully saturated rings. The van der Waals surface area contributed by atoms with E-state index in [0.717, 1.165) is 12.1 Å². The Morgan fingerprint density at radius 1 is 1.12 bits per heavy atom. The van der Waals surface area contributed by atoms with Crippen LogP contribution in [0.5, 0.6) is 5.88 Å². The monoisotopic (exact) mass is 470 g/mol. The summed E-state index contributed by atoms with van der Waals surface area (Å²) < 4.78 is 60.3. The molecule has 34 heavy (non-hydrogen) atoms. The lowest BCUT2D eigenvalue weighted by atomic mass is 10.00. The fourth-order valence-corrected chi connectivity index (χ4v) is 3.71. The van der Waals surface area contributed by atoms with Crippen molar-refractivity contribution in [2.45, 2.75) is 19.3 Å². The van der Waals surface area contributed by atoms with Crippen LogP contribution in [0, 0.1) is 17.7 Å². The number of fused-ring (bicyclic) bond motifs is 1. The van der Waals surface area contributed by atoms with Crippen LogP contribution >= 0.6 is 0 Å². The van der Waals surface area contributed by atoms with Crippen LogP contribution in [0.25, 0.3) is 11.1 Å². The van der Waals surface area contributed by atoms with Crippen LogP contribution in [0.1, 0.15) is 22.3 Å². The third kappa shape index (κ3) is 5.02. The molecular weight excluding hydrogens is 452 g/mol. The quantitative estimate of drug-likeness (QED) is 0.461. The minimum atomic E-state index is -4.62. The van der Waals surface area contributed by atoms with E-state index in [0.29, 0.717) is 16.7 Å². The number of nitrogens with zero attached hydrogens (tertiary/aromatic N) is 2. The van der Waals surface area contributed by atoms with Crippen LogP contribution in [0.4, 0.5) is 17.6 Å². The highest BCUT2D eigenvalue weighted by Gasteiger charge is 2.32. The van der Waals surface area contributed by atoms with Gasteiger partial charge in [0.15, 0.2) is 6.61 Å². The summed E-state index contributed by atoms with van der Waals surface area (Å²) in [6.07, 6.45) is -3.17. The van der Waals surface area contributed by atoms with Gasteiger partial charge in [0.05, 0.1) is 12.1 Å². The average molecular weight is 470 g/mol. The SMILES string of the molecule is O=C1COc2nccc(-c3ccccc3F)c2CN1Cc1cc(C#CCO)cc(C(F)(F)F)c1. The molecule has 0 saturated carbocycles. The van der Waals surface area contributed by atoms with Crippen LogP contribution in [0.2, 0.25) is 0 Å². The highest BCUT2D eigenvalue weighted by atomic mass is 19.4. The second-order valence-corrected chi connectivity index (χ2v) is 7.54. The number of halogens is 4. The molecule has 2 heterocycles. The Morgan fingerprint density at radius 2 is 1.91 bits per heavy atom. The van der Waals surface area contributed by atoms with Gasteiger partial charge in [0.25, 0.3) is 5.91 Å². The highest BCUT2D eigenvalue weighted by Crippen LogP contribution is 2.34. The number of ether oxygens (including phenoxy) is 1. The lowest BCUT2D eigenvalue weighted by Gasteiger charge is -2.22. The van der Waals surface area contributed by atoms with Crippen molar-refractivity contribution in [2.75, 3.05) is 13.2 Å². The number of amides is 1. The Labute approximate surface area is 192 Å². The second-order valence-electron chi connectivity index (χ2n) is 7.54. The first-order valence-electron chi connectivity index (χ1n) is 10.2. The van der Waals surface area contributed by atoms with Crippen molar-refractivity contribution in [1.82, 2.24) is 9.88 Å². The number of aliphatic hydroxyl groups excluding tert-OH is 1. The van der Waals surface area contributed by atoms with Crippen molar-refractivity contribution >= 4 is 5.91 Å². The molecular formula is C25H18F4N2O3. The Morgan fingerprint density at radius 3 is 2.65 bits per heavy atom. The zero-order valence-electron chi connectivity index (χ0n) is 17.7. The van der Waals surface area contributed by atoms with Crippen LogP contribution < -0.4 is 4.74 Å². The molecule has 0 saturated heterocycles. The molecule has 1 aliphatic heterocycles. The molecule has 0 spiro atoms. The van der Waals surface area contributed by atoms with Gasteiger partial charge in [0.2, 0.25) is 5.88 Å². The van der Waals surface area contributed by atoms with E-state index in [1.807, 2.05) is 0 Å². The number of hydrogen-bond donors (Lipinski definition) is 1. The Balaban J connectivity index is 1.73. The first-order chi connectivity index (χ1) is 16.3. The van der Waals surface area contributed by atoms with Gasteiger partial charge in [-0.15, -0.1) is 0 Å². The highest BCUT2D eigenvalue weighted by molar-refractivity contribution is 5.80. The van der Waals surface area contributed by atoms with Gasteiger partial charge in [-0.25, -0.2) is 9.37 Å². The van der Waals surface area contributed by atoms with E-state index in [2.05, 4.69) is 16.8 Å². The third-order valence-corrected chi connectivity index (χ3v) is 5.22. The van der Waals surface area contributed by atoms with Crippen molar-refractivity contribution in [3.63, 3.8) is 0 Å². The molecule has 4 rings (SSSR count). The number of pyridine rings is 1. The third-order valence-electron chi connectivity index (χ3n) is 5.22. The number of alkyl halides is 3. The number of aromatic nitrogens is 1. The minimum Gasteiger partial charge on any atom is -0.467 e. The molecule has 2 aromatic carbocycles. The molecule has 1 amide bonds. The molecule has 3 aromatic rings. The zero-order chi connectivity index (χ0) is 24.3. The molecule has 1 aromatic heterocycles. The van der Waals surface area contributed by atoms with Crippen molar-refractivity contribution < 1.29 is 32.2 Å². The number of carbonyl (C=O) groups is 1. The standard InChI is InChI=1S/C25H18F4N2O3/c26-22-6-2-1-5-20(22)19-7-8-30-24-21(19)14-31(23(33)15-34-24)13-17-10-16(4-3-9-32)11-18(12-17)25(27,28)29/h1-2,5-8,10-12,32H,9,13-15H2. The number of rotatable bonds is 3. The van der Waals surface area contributed by atoms with Gasteiger partial charge >= 0.3 is 6.18 Å². The Kier molecular flexibility index (Phi) is 6.52. The van der Waals surface area contributed by atoms with Gasteiger partial charge in [-0.05, 0) is 41.5 Å². The summed E-state index contributed by atoms with van der Waals surface area (Å²) in [7, 11) is 0. The lowest BCUT2D eigenvalue weighted by molar-refractivity contribution is -0.137. The van der Waals surface area contributed by atoms with Crippen molar-refractivity contribution in [2.24, 2.45) is 0 Å². The molecule has 0 aliphatic carbocycles. The first kappa shape index (κ1) is 23.3. The predicted molar refractivity (Wildman–Crippen MR) is 115 cm³/mol. The molecule has 1 N–H and O–H groups in total. The summed E-state index contributed by atoms with van der Waals surface area (Å²) in [6.45, 7) is -1.07. The van der Waals surface area contributed by atoms with Gasteiger partial charge in [-0.3, -0.25) is 4.79 Å². The van der Waals surface area contributed by atoms with Gasteiger partial charge in [-0.1, -0.05) is 30.0 Å². The van der Waals surface area contributed by atoms with Crippen LogP contribution in [-0.2, 0) is 24.1 Å². The van der Waals surface area contributed by atoms with Gasteiger partial charge in [0.1, 0.15) is 12.4 Å². The second kappa shape index (κ2) is 9.53. The number of hydrogen-bond acceptors (Lipinski definition) is 4. The summed E-state index contributed by atoms with van der Waals surface area (Å²) in [4.78, 5) is 18.2. The fraction of sp³-hybridized carbons (Fsp3) is 0.200. The maximum atomic E-state index is 14.5. The molecule has 0 bridgehead atoms. The van der Waals surface area contributed by atoms with Crippen LogP contribution in [-0.4, -0.2) is 34.1 Å². The topological polar surface area (TPSA) is 62.7 Å². The van der Waals surface area contributed by atoms with Gasteiger partial charge in [-0.2, -0.15) is 13.2 Å². The van der Waals surface area contributed by atoms with Crippen molar-refractivity contribution in [3.8, 4) is 28.8 Å². The zero-order valence-corrected chi connectivity index (χ0v) is 17.7. The molecule has 0 atom stereocenters. The number of carbonyl (C=O) groups excluding carboxylic acids is 1. The van der Waals surface area contributed by atoms with Crippen LogP contribution in [0.3, 0.4) is 0 Å². The van der Waals surface area contributed by atoms with E-state index in [1.54, 1.807) is 24.3 Å². The predicted octanol–water partition coefficient (Wildman–Crippen LogP) is 4.17. The van der Waals surface area contributed by atoms with E-state index in [1.165, 1.54) is 23.2 Å². The van der Waals surface area contributed by atoms with E-state index >= 15 is 0 Å². The Bertz CT molecular complexity index is 1300. The normalized spacial score (nSPS) is 13.4. The largest absolute Gasteiger partial charge is 0.467 e. The maximum Gasteiger partial charge on any atom is 0.416 e. The number of aliphatic hydroxyl groups is 1. The van der Waals surface area contributed by atoms with Crippen molar-refractivity contribution in [3.05, 3.63) is 82.8 Å². The van der Waals surface area contributed by atoms with Crippen LogP contribution in [0.15, 0.2) is 54.7 Å². The molecule has 1 aliphatic rings. The van der Waals surface area contributed by atoms with E-state index < -0.39 is 30.1 Å². The van der Waals surface area contributed by atoms with Gasteiger partial charge in [0, 0.05) is 29.4 Å². The van der Waals surface area contributed by atoms with Gasteiger partial charge < -0.3 is 14.7 Å². The summed E-state index contributed by atoms with van der Waals surface area (Å²) >= 11 is 0. The summed E-state index contributed by atoms with van der Waals surface area (Å²) in [6, 6.07) is 11.0. The molecule has 174 valence electrons. The molecule has 9 heteroatoms. The van der Waals surface area contributed by atoms with E-state index in [4.69, 9.17) is 9.84 Å². The summed E-state index contributed by atoms with van der Waals surface area (Å²) in [5, 5.41) is 8.89. The molecule has 5 nitrogen and oxygen atoms in total.